The summed E-state index contributed by atoms with van der Waals surface area (Å²) in [5.41, 5.74) is 1.74. The summed E-state index contributed by atoms with van der Waals surface area (Å²) >= 11 is 6.69. The number of thioether (sulfide) groups is 1. The molecule has 1 N–H and O–H groups in total. The maximum absolute atomic E-state index is 14.5. The Morgan fingerprint density at radius 1 is 1.38 bits per heavy atom. The molecule has 8 heteroatoms. The fourth-order valence-corrected chi connectivity index (χ4v) is 3.40. The van der Waals surface area contributed by atoms with Crippen molar-refractivity contribution in [2.24, 2.45) is 0 Å². The van der Waals surface area contributed by atoms with Crippen molar-refractivity contribution in [2.75, 3.05) is 11.5 Å². The van der Waals surface area contributed by atoms with Crippen LogP contribution < -0.4 is 5.32 Å². The van der Waals surface area contributed by atoms with Crippen molar-refractivity contribution in [1.82, 2.24) is 20.3 Å². The van der Waals surface area contributed by atoms with Crippen LogP contribution in [0.3, 0.4) is 0 Å². The Hall–Kier alpha value is -1.80. The van der Waals surface area contributed by atoms with Gasteiger partial charge in [0.15, 0.2) is 0 Å². The van der Waals surface area contributed by atoms with E-state index in [1.807, 2.05) is 6.08 Å². The molecule has 0 unspecified atom stereocenters. The number of thiocarbonyl (C=S) groups is 1. The molecule has 126 valence electrons. The summed E-state index contributed by atoms with van der Waals surface area (Å²) in [4.78, 5) is 0.643. The van der Waals surface area contributed by atoms with Crippen molar-refractivity contribution in [3.63, 3.8) is 0 Å². The third-order valence-electron chi connectivity index (χ3n) is 3.64. The van der Waals surface area contributed by atoms with Gasteiger partial charge in [-0.15, -0.1) is 5.10 Å². The highest BCUT2D eigenvalue weighted by Gasteiger charge is 2.18. The zero-order valence-electron chi connectivity index (χ0n) is 13.1. The minimum atomic E-state index is -0.576. The molecular formula is C16H16F2N4S2. The average molecular weight is 366 g/mol. The maximum Gasteiger partial charge on any atom is 0.135 e. The highest BCUT2D eigenvalue weighted by atomic mass is 32.2. The van der Waals surface area contributed by atoms with Gasteiger partial charge in [0.25, 0.3) is 0 Å². The van der Waals surface area contributed by atoms with E-state index in [9.17, 15) is 8.78 Å². The van der Waals surface area contributed by atoms with E-state index in [2.05, 4.69) is 15.6 Å². The van der Waals surface area contributed by atoms with Crippen LogP contribution in [-0.2, 0) is 6.54 Å². The molecule has 0 bridgehead atoms. The summed E-state index contributed by atoms with van der Waals surface area (Å²) in [7, 11) is 0. The number of hydrogen-bond acceptors (Lipinski definition) is 4. The second kappa shape index (κ2) is 7.40. The molecule has 0 atom stereocenters. The van der Waals surface area contributed by atoms with Gasteiger partial charge >= 0.3 is 0 Å². The van der Waals surface area contributed by atoms with Gasteiger partial charge in [-0.3, -0.25) is 0 Å². The number of rotatable bonds is 4. The van der Waals surface area contributed by atoms with Crippen LogP contribution in [0, 0.1) is 11.6 Å². The maximum atomic E-state index is 14.5. The van der Waals surface area contributed by atoms with Crippen molar-refractivity contribution in [3.8, 4) is 5.69 Å². The van der Waals surface area contributed by atoms with Crippen LogP contribution >= 0.6 is 24.0 Å². The number of allylic oxidation sites excluding steroid dienone is 1. The molecule has 0 fully saturated rings. The van der Waals surface area contributed by atoms with E-state index in [1.165, 1.54) is 16.8 Å². The third-order valence-corrected chi connectivity index (χ3v) is 4.67. The summed E-state index contributed by atoms with van der Waals surface area (Å²) in [5.74, 6) is 0.515. The van der Waals surface area contributed by atoms with Crippen LogP contribution in [0.2, 0.25) is 0 Å². The normalized spacial score (nSPS) is 14.4. The van der Waals surface area contributed by atoms with Gasteiger partial charge in [0, 0.05) is 23.4 Å². The highest BCUT2D eigenvalue weighted by Crippen LogP contribution is 2.31. The SMILES string of the molecule is CC(=S)NCc1cn(-c2cc(F)c(C3=CCSCC3)c(F)c2)nn1. The van der Waals surface area contributed by atoms with Gasteiger partial charge in [-0.1, -0.05) is 23.5 Å². The fourth-order valence-electron chi connectivity index (χ4n) is 2.47. The van der Waals surface area contributed by atoms with Crippen molar-refractivity contribution in [2.45, 2.75) is 19.9 Å². The molecule has 1 aliphatic rings. The molecule has 2 heterocycles. The van der Waals surface area contributed by atoms with E-state index >= 15 is 0 Å². The van der Waals surface area contributed by atoms with Crippen LogP contribution in [-0.4, -0.2) is 31.5 Å². The lowest BCUT2D eigenvalue weighted by molar-refractivity contribution is 0.572. The number of nitrogens with one attached hydrogen (secondary N) is 1. The van der Waals surface area contributed by atoms with E-state index in [-0.39, 0.29) is 5.56 Å². The van der Waals surface area contributed by atoms with Gasteiger partial charge in [-0.05, 0) is 24.7 Å². The molecule has 0 saturated heterocycles. The molecule has 0 amide bonds. The first-order chi connectivity index (χ1) is 11.5. The van der Waals surface area contributed by atoms with Crippen molar-refractivity contribution in [1.29, 1.82) is 0 Å². The van der Waals surface area contributed by atoms with E-state index in [1.54, 1.807) is 24.9 Å². The Balaban J connectivity index is 1.87. The molecule has 4 nitrogen and oxygen atoms in total. The van der Waals surface area contributed by atoms with Gasteiger partial charge < -0.3 is 5.32 Å². The van der Waals surface area contributed by atoms with E-state index < -0.39 is 11.6 Å². The minimum Gasteiger partial charge on any atom is -0.374 e. The van der Waals surface area contributed by atoms with Gasteiger partial charge in [-0.25, -0.2) is 13.5 Å². The second-order valence-electron chi connectivity index (χ2n) is 5.40. The van der Waals surface area contributed by atoms with E-state index in [4.69, 9.17) is 12.2 Å². The Morgan fingerprint density at radius 3 is 2.75 bits per heavy atom. The lowest BCUT2D eigenvalue weighted by atomic mass is 10.0. The van der Waals surface area contributed by atoms with Crippen LogP contribution in [0.1, 0.15) is 24.6 Å². The van der Waals surface area contributed by atoms with Gasteiger partial charge in [0.05, 0.1) is 23.4 Å². The Bertz CT molecular complexity index is 778. The van der Waals surface area contributed by atoms with Crippen molar-refractivity contribution in [3.05, 3.63) is 47.3 Å². The molecule has 1 aromatic heterocycles. The topological polar surface area (TPSA) is 42.7 Å². The predicted octanol–water partition coefficient (Wildman–Crippen LogP) is 3.50. The zero-order valence-corrected chi connectivity index (χ0v) is 14.7. The molecular weight excluding hydrogens is 350 g/mol. The third kappa shape index (κ3) is 3.81. The summed E-state index contributed by atoms with van der Waals surface area (Å²) in [6, 6.07) is 2.58. The molecule has 2 aromatic rings. The number of hydrogen-bond donors (Lipinski definition) is 1. The van der Waals surface area contributed by atoms with Crippen LogP contribution in [0.25, 0.3) is 11.3 Å². The highest BCUT2D eigenvalue weighted by molar-refractivity contribution is 7.99. The summed E-state index contributed by atoms with van der Waals surface area (Å²) in [5, 5.41) is 10.8. The molecule has 1 aromatic carbocycles. The summed E-state index contributed by atoms with van der Waals surface area (Å²) in [6.07, 6.45) is 4.19. The van der Waals surface area contributed by atoms with Crippen LogP contribution in [0.15, 0.2) is 24.4 Å². The zero-order chi connectivity index (χ0) is 17.1. The van der Waals surface area contributed by atoms with Crippen molar-refractivity contribution >= 4 is 34.5 Å². The predicted molar refractivity (Wildman–Crippen MR) is 96.3 cm³/mol. The standard InChI is InChI=1S/C16H16F2N4S2/c1-10(23)19-8-12-9-22(21-20-12)13-6-14(17)16(15(18)7-13)11-2-4-24-5-3-11/h2,6-7,9H,3-5,8H2,1H3,(H,19,23). The summed E-state index contributed by atoms with van der Waals surface area (Å²) in [6.45, 7) is 2.19. The van der Waals surface area contributed by atoms with Gasteiger partial charge in [0.1, 0.15) is 17.3 Å². The molecule has 0 radical (unpaired) electrons. The molecule has 3 rings (SSSR count). The first kappa shape index (κ1) is 17.0. The molecule has 0 aliphatic carbocycles. The van der Waals surface area contributed by atoms with E-state index in [0.717, 1.165) is 17.1 Å². The smallest absolute Gasteiger partial charge is 0.135 e. The largest absolute Gasteiger partial charge is 0.374 e. The Kier molecular flexibility index (Phi) is 5.25. The lowest BCUT2D eigenvalue weighted by Gasteiger charge is -2.15. The number of benzene rings is 1. The fraction of sp³-hybridized carbons (Fsp3) is 0.312. The van der Waals surface area contributed by atoms with Crippen LogP contribution in [0.4, 0.5) is 8.78 Å². The van der Waals surface area contributed by atoms with Gasteiger partial charge in [0.2, 0.25) is 0 Å². The first-order valence-corrected chi connectivity index (χ1v) is 9.03. The summed E-state index contributed by atoms with van der Waals surface area (Å²) < 4.78 is 30.3. The minimum absolute atomic E-state index is 0.0670. The van der Waals surface area contributed by atoms with Crippen molar-refractivity contribution < 1.29 is 8.78 Å². The van der Waals surface area contributed by atoms with Crippen LogP contribution in [0.5, 0.6) is 0 Å². The average Bonchev–Trinajstić information content (AvgIpc) is 3.02. The Morgan fingerprint density at radius 2 is 2.12 bits per heavy atom. The first-order valence-electron chi connectivity index (χ1n) is 7.47. The molecule has 0 spiro atoms. The second-order valence-corrected chi connectivity index (χ2v) is 7.17. The number of halogens is 2. The van der Waals surface area contributed by atoms with Gasteiger partial charge in [-0.2, -0.15) is 11.8 Å². The molecule has 24 heavy (non-hydrogen) atoms. The Labute approximate surface area is 148 Å². The van der Waals surface area contributed by atoms with E-state index in [0.29, 0.717) is 29.3 Å². The number of nitrogens with zero attached hydrogens (tertiary/aromatic N) is 3. The number of aromatic nitrogens is 3. The molecule has 0 saturated carbocycles. The molecule has 1 aliphatic heterocycles. The monoisotopic (exact) mass is 366 g/mol. The quantitative estimate of drug-likeness (QED) is 0.839. The lowest BCUT2D eigenvalue weighted by Crippen LogP contribution is -2.17.